The van der Waals surface area contributed by atoms with Crippen LogP contribution in [0.1, 0.15) is 28.5 Å². The maximum atomic E-state index is 14.0. The van der Waals surface area contributed by atoms with Gasteiger partial charge in [0.1, 0.15) is 28.5 Å². The minimum atomic E-state index is -1.23. The molecular weight excluding hydrogens is 506 g/mol. The summed E-state index contributed by atoms with van der Waals surface area (Å²) in [5, 5.41) is 3.64. The second-order valence-electron chi connectivity index (χ2n) is 9.32. The predicted molar refractivity (Wildman–Crippen MR) is 143 cm³/mol. The largest absolute Gasteiger partial charge is 0.497 e. The summed E-state index contributed by atoms with van der Waals surface area (Å²) in [5.74, 6) is 1.29. The Bertz CT molecular complexity index is 1460. The molecule has 0 saturated heterocycles. The lowest BCUT2D eigenvalue weighted by molar-refractivity contribution is -0.133. The number of methoxy groups -OCH3 is 2. The van der Waals surface area contributed by atoms with Crippen molar-refractivity contribution in [2.75, 3.05) is 14.2 Å². The van der Waals surface area contributed by atoms with Crippen molar-refractivity contribution in [2.24, 2.45) is 0 Å². The number of nitrogens with one attached hydrogen (secondary N) is 1. The lowest BCUT2D eigenvalue weighted by Crippen LogP contribution is -2.63. The third-order valence-corrected chi connectivity index (χ3v) is 7.20. The summed E-state index contributed by atoms with van der Waals surface area (Å²) in [4.78, 5) is 29.5. The maximum absolute atomic E-state index is 14.0. The molecule has 9 heteroatoms. The quantitative estimate of drug-likeness (QED) is 0.338. The fraction of sp³-hybridized carbons (Fsp3) is 0.241. The summed E-state index contributed by atoms with van der Waals surface area (Å²) < 4.78 is 18.4. The van der Waals surface area contributed by atoms with E-state index in [1.807, 2.05) is 34.9 Å². The molecule has 8 nitrogen and oxygen atoms in total. The third-order valence-electron chi connectivity index (χ3n) is 6.95. The van der Waals surface area contributed by atoms with Crippen molar-refractivity contribution in [1.82, 2.24) is 14.8 Å². The number of hydrogen-bond donors (Lipinski definition) is 1. The molecule has 4 aromatic rings. The number of carbonyl (C=O) groups excluding carboxylic acids is 2. The van der Waals surface area contributed by atoms with Crippen molar-refractivity contribution in [3.63, 3.8) is 0 Å². The first-order valence-electron chi connectivity index (χ1n) is 12.1. The molecule has 2 amide bonds. The Hall–Kier alpha value is -4.17. The number of fused-ring (bicyclic) bond motifs is 1. The molecule has 0 bridgehead atoms. The number of carbonyl (C=O) groups is 2. The molecule has 2 aromatic carbocycles. The average molecular weight is 534 g/mol. The molecule has 0 saturated carbocycles. The van der Waals surface area contributed by atoms with Crippen molar-refractivity contribution in [2.45, 2.75) is 32.1 Å². The van der Waals surface area contributed by atoms with Gasteiger partial charge >= 0.3 is 0 Å². The Morgan fingerprint density at radius 1 is 1.05 bits per heavy atom. The zero-order valence-corrected chi connectivity index (χ0v) is 22.1. The van der Waals surface area contributed by atoms with Crippen LogP contribution >= 0.6 is 11.6 Å². The molecule has 1 atom stereocenters. The Kier molecular flexibility index (Phi) is 6.91. The highest BCUT2D eigenvalue weighted by molar-refractivity contribution is 6.30. The Labute approximate surface area is 225 Å². The van der Waals surface area contributed by atoms with Crippen LogP contribution in [-0.2, 0) is 24.4 Å². The van der Waals surface area contributed by atoms with E-state index >= 15 is 0 Å². The van der Waals surface area contributed by atoms with Crippen LogP contribution in [0.4, 0.5) is 0 Å². The average Bonchev–Trinajstić information content (AvgIpc) is 3.60. The summed E-state index contributed by atoms with van der Waals surface area (Å²) in [6, 6.07) is 19.9. The predicted octanol–water partition coefficient (Wildman–Crippen LogP) is 5.15. The van der Waals surface area contributed by atoms with Crippen LogP contribution in [0.3, 0.4) is 0 Å². The van der Waals surface area contributed by atoms with Gasteiger partial charge in [-0.3, -0.25) is 9.59 Å². The van der Waals surface area contributed by atoms with Gasteiger partial charge in [-0.25, -0.2) is 0 Å². The topological polar surface area (TPSA) is 85.9 Å². The van der Waals surface area contributed by atoms with E-state index in [0.29, 0.717) is 34.5 Å². The van der Waals surface area contributed by atoms with Crippen LogP contribution in [0.5, 0.6) is 11.5 Å². The SMILES string of the molecule is COc1ccc(OC)c(CN2C(=O)c3ccc(-c4ccco4)n3C[C@]2(C)C(=O)NCc2ccc(Cl)cc2)c1. The van der Waals surface area contributed by atoms with Gasteiger partial charge in [-0.1, -0.05) is 23.7 Å². The molecule has 3 heterocycles. The van der Waals surface area contributed by atoms with Crippen LogP contribution < -0.4 is 14.8 Å². The van der Waals surface area contributed by atoms with E-state index in [0.717, 1.165) is 16.8 Å². The third kappa shape index (κ3) is 4.63. The summed E-state index contributed by atoms with van der Waals surface area (Å²) >= 11 is 6.01. The maximum Gasteiger partial charge on any atom is 0.271 e. The van der Waals surface area contributed by atoms with Gasteiger partial charge in [-0.2, -0.15) is 0 Å². The first kappa shape index (κ1) is 25.5. The molecule has 0 spiro atoms. The zero-order chi connectivity index (χ0) is 26.9. The molecule has 0 aliphatic carbocycles. The Balaban J connectivity index is 1.53. The molecular formula is C29H28ClN3O5. The summed E-state index contributed by atoms with van der Waals surface area (Å²) in [6.45, 7) is 2.45. The van der Waals surface area contributed by atoms with Crippen LogP contribution in [0.25, 0.3) is 11.5 Å². The lowest BCUT2D eigenvalue weighted by atomic mass is 9.93. The minimum Gasteiger partial charge on any atom is -0.497 e. The van der Waals surface area contributed by atoms with E-state index in [-0.39, 0.29) is 24.9 Å². The smallest absolute Gasteiger partial charge is 0.271 e. The number of rotatable bonds is 8. The molecule has 2 aromatic heterocycles. The molecule has 0 fully saturated rings. The van der Waals surface area contributed by atoms with Crippen LogP contribution in [-0.4, -0.2) is 41.0 Å². The second-order valence-corrected chi connectivity index (χ2v) is 9.76. The highest BCUT2D eigenvalue weighted by Crippen LogP contribution is 2.36. The summed E-state index contributed by atoms with van der Waals surface area (Å²) in [7, 11) is 3.15. The molecule has 0 radical (unpaired) electrons. The number of benzene rings is 2. The molecule has 1 aliphatic rings. The van der Waals surface area contributed by atoms with Crippen LogP contribution in [0, 0.1) is 0 Å². The zero-order valence-electron chi connectivity index (χ0n) is 21.4. The van der Waals surface area contributed by atoms with E-state index in [1.165, 1.54) is 0 Å². The van der Waals surface area contributed by atoms with Crippen molar-refractivity contribution in [3.05, 3.63) is 94.8 Å². The second kappa shape index (κ2) is 10.3. The van der Waals surface area contributed by atoms with Gasteiger partial charge in [0.2, 0.25) is 5.91 Å². The fourth-order valence-electron chi connectivity index (χ4n) is 4.81. The number of amides is 2. The number of furan rings is 1. The van der Waals surface area contributed by atoms with Gasteiger partial charge in [0.05, 0.1) is 39.3 Å². The van der Waals surface area contributed by atoms with Gasteiger partial charge in [0.25, 0.3) is 5.91 Å². The standard InChI is InChI=1S/C29H28ClN3O5/c1-29(28(35)31-16-19-6-8-21(30)9-7-19)18-32-23(26-5-4-14-38-26)11-12-24(32)27(34)33(29)17-20-15-22(36-2)10-13-25(20)37-3/h4-15H,16-18H2,1-3H3,(H,31,35)/t29-/m1/s1. The lowest BCUT2D eigenvalue weighted by Gasteiger charge is -2.44. The summed E-state index contributed by atoms with van der Waals surface area (Å²) in [5.41, 5.74) is 1.59. The molecule has 5 rings (SSSR count). The highest BCUT2D eigenvalue weighted by atomic mass is 35.5. The van der Waals surface area contributed by atoms with Crippen LogP contribution in [0.15, 0.2) is 77.4 Å². The summed E-state index contributed by atoms with van der Waals surface area (Å²) in [6.07, 6.45) is 1.58. The monoisotopic (exact) mass is 533 g/mol. The number of halogens is 1. The number of hydrogen-bond acceptors (Lipinski definition) is 5. The van der Waals surface area contributed by atoms with E-state index in [9.17, 15) is 9.59 Å². The van der Waals surface area contributed by atoms with Gasteiger partial charge in [-0.05, 0) is 67.1 Å². The van der Waals surface area contributed by atoms with Gasteiger partial charge in [-0.15, -0.1) is 0 Å². The number of ether oxygens (including phenoxy) is 2. The molecule has 1 N–H and O–H groups in total. The van der Waals surface area contributed by atoms with Crippen molar-refractivity contribution in [1.29, 1.82) is 0 Å². The van der Waals surface area contributed by atoms with Gasteiger partial charge < -0.3 is 28.7 Å². The van der Waals surface area contributed by atoms with E-state index < -0.39 is 5.54 Å². The van der Waals surface area contributed by atoms with Crippen molar-refractivity contribution < 1.29 is 23.5 Å². The van der Waals surface area contributed by atoms with Gasteiger partial charge in [0, 0.05) is 17.1 Å². The minimum absolute atomic E-state index is 0.144. The fourth-order valence-corrected chi connectivity index (χ4v) is 4.94. The van der Waals surface area contributed by atoms with Gasteiger partial charge in [0.15, 0.2) is 0 Å². The van der Waals surface area contributed by atoms with E-state index in [1.54, 1.807) is 68.7 Å². The normalized spacial score (nSPS) is 16.7. The number of aromatic nitrogens is 1. The molecule has 1 aliphatic heterocycles. The van der Waals surface area contributed by atoms with Crippen molar-refractivity contribution in [3.8, 4) is 23.0 Å². The molecule has 0 unspecified atom stereocenters. The van der Waals surface area contributed by atoms with E-state index in [4.69, 9.17) is 25.5 Å². The Morgan fingerprint density at radius 3 is 2.50 bits per heavy atom. The number of nitrogens with zero attached hydrogens (tertiary/aromatic N) is 2. The van der Waals surface area contributed by atoms with E-state index in [2.05, 4.69) is 5.32 Å². The first-order chi connectivity index (χ1) is 18.3. The first-order valence-corrected chi connectivity index (χ1v) is 12.5. The van der Waals surface area contributed by atoms with Crippen molar-refractivity contribution >= 4 is 23.4 Å². The van der Waals surface area contributed by atoms with Crippen LogP contribution in [0.2, 0.25) is 5.02 Å². The molecule has 38 heavy (non-hydrogen) atoms. The Morgan fingerprint density at radius 2 is 1.82 bits per heavy atom. The molecule has 196 valence electrons. The highest BCUT2D eigenvalue weighted by Gasteiger charge is 2.48.